The highest BCUT2D eigenvalue weighted by Crippen LogP contribution is 2.30. The molecule has 7 heteroatoms. The van der Waals surface area contributed by atoms with Crippen molar-refractivity contribution in [3.05, 3.63) is 52.3 Å². The summed E-state index contributed by atoms with van der Waals surface area (Å²) in [6.07, 6.45) is 4.41. The summed E-state index contributed by atoms with van der Waals surface area (Å²) >= 11 is 0. The zero-order chi connectivity index (χ0) is 19.0. The number of rotatable bonds is 5. The van der Waals surface area contributed by atoms with Gasteiger partial charge in [-0.15, -0.1) is 0 Å². The van der Waals surface area contributed by atoms with Gasteiger partial charge in [0.05, 0.1) is 37.4 Å². The van der Waals surface area contributed by atoms with Gasteiger partial charge in [0.1, 0.15) is 12.6 Å². The summed E-state index contributed by atoms with van der Waals surface area (Å²) in [7, 11) is 5.22. The Hall–Kier alpha value is -2.80. The van der Waals surface area contributed by atoms with Crippen molar-refractivity contribution in [2.45, 2.75) is 25.4 Å². The number of quaternary nitrogens is 1. The number of hydrogen-bond donors (Lipinski definition) is 2. The second-order valence-corrected chi connectivity index (χ2v) is 7.06. The number of methoxy groups -OCH3 is 2. The number of aromatic nitrogens is 3. The van der Waals surface area contributed by atoms with Crippen molar-refractivity contribution < 1.29 is 14.4 Å². The fraction of sp³-hybridized carbons (Fsp3) is 0.400. The molecule has 1 aliphatic rings. The molecular weight excluding hydrogens is 344 g/mol. The van der Waals surface area contributed by atoms with E-state index in [-0.39, 0.29) is 5.56 Å². The Labute approximate surface area is 157 Å². The van der Waals surface area contributed by atoms with E-state index in [0.29, 0.717) is 40.8 Å². The Bertz CT molecular complexity index is 1020. The number of likely N-dealkylation sites (tertiary alicyclic amines) is 1. The fourth-order valence-corrected chi connectivity index (χ4v) is 4.13. The van der Waals surface area contributed by atoms with Crippen molar-refractivity contribution in [3.63, 3.8) is 0 Å². The van der Waals surface area contributed by atoms with Crippen molar-refractivity contribution in [2.24, 2.45) is 7.05 Å². The lowest BCUT2D eigenvalue weighted by Crippen LogP contribution is -3.09. The Morgan fingerprint density at radius 3 is 2.78 bits per heavy atom. The minimum absolute atomic E-state index is 0.148. The van der Waals surface area contributed by atoms with Gasteiger partial charge >= 0.3 is 0 Å². The van der Waals surface area contributed by atoms with E-state index in [0.717, 1.165) is 13.0 Å². The van der Waals surface area contributed by atoms with Gasteiger partial charge in [0.25, 0.3) is 5.56 Å². The monoisotopic (exact) mass is 369 g/mol. The van der Waals surface area contributed by atoms with Crippen LogP contribution in [0.5, 0.6) is 11.5 Å². The molecule has 0 radical (unpaired) electrons. The number of hydrogen-bond acceptors (Lipinski definition) is 4. The van der Waals surface area contributed by atoms with Crippen molar-refractivity contribution in [1.29, 1.82) is 0 Å². The summed E-state index contributed by atoms with van der Waals surface area (Å²) in [5, 5.41) is 0.506. The van der Waals surface area contributed by atoms with Crippen LogP contribution in [-0.4, -0.2) is 35.3 Å². The highest BCUT2D eigenvalue weighted by Gasteiger charge is 2.32. The molecule has 3 heterocycles. The van der Waals surface area contributed by atoms with Gasteiger partial charge in [-0.3, -0.25) is 4.79 Å². The van der Waals surface area contributed by atoms with Gasteiger partial charge < -0.3 is 23.9 Å². The first-order valence-electron chi connectivity index (χ1n) is 9.21. The average molecular weight is 369 g/mol. The predicted octanol–water partition coefficient (Wildman–Crippen LogP) is 1.20. The van der Waals surface area contributed by atoms with Crippen LogP contribution in [0.1, 0.15) is 30.4 Å². The van der Waals surface area contributed by atoms with Crippen LogP contribution in [0.25, 0.3) is 10.9 Å². The van der Waals surface area contributed by atoms with E-state index in [2.05, 4.69) is 34.9 Å². The molecule has 0 aliphatic carbocycles. The summed E-state index contributed by atoms with van der Waals surface area (Å²) in [5.41, 5.74) is 1.81. The summed E-state index contributed by atoms with van der Waals surface area (Å²) in [4.78, 5) is 21.7. The van der Waals surface area contributed by atoms with Gasteiger partial charge in [0, 0.05) is 32.2 Å². The Kier molecular flexibility index (Phi) is 4.61. The van der Waals surface area contributed by atoms with Gasteiger partial charge in [0.15, 0.2) is 17.3 Å². The fourth-order valence-electron chi connectivity index (χ4n) is 4.13. The normalized spacial score (nSPS) is 19.5. The minimum Gasteiger partial charge on any atom is -0.493 e. The molecule has 0 bridgehead atoms. The standard InChI is InChI=1S/C20H24N4O3/c1-23-8-4-6-15(23)16-7-5-9-24(16)12-19-21-14-11-18(27-3)17(26-2)10-13(14)20(25)22-19/h4,6,8,10-11,16H,5,7,9,12H2,1-3H3,(H,21,22,25)/p+1/t16-/m1/s1. The number of nitrogens with zero attached hydrogens (tertiary/aromatic N) is 2. The molecule has 3 aromatic rings. The van der Waals surface area contributed by atoms with Gasteiger partial charge in [0.2, 0.25) is 0 Å². The van der Waals surface area contributed by atoms with Crippen LogP contribution >= 0.6 is 0 Å². The third-order valence-corrected chi connectivity index (χ3v) is 5.48. The molecular formula is C20H25N4O3+. The maximum Gasteiger partial charge on any atom is 0.259 e. The van der Waals surface area contributed by atoms with Crippen molar-refractivity contribution in [3.8, 4) is 11.5 Å². The number of H-pyrrole nitrogens is 1. The Morgan fingerprint density at radius 2 is 2.07 bits per heavy atom. The zero-order valence-corrected chi connectivity index (χ0v) is 15.9. The summed E-state index contributed by atoms with van der Waals surface area (Å²) in [5.74, 6) is 1.80. The molecule has 1 saturated heterocycles. The quantitative estimate of drug-likeness (QED) is 0.709. The molecule has 2 N–H and O–H groups in total. The van der Waals surface area contributed by atoms with Crippen LogP contribution < -0.4 is 19.9 Å². The van der Waals surface area contributed by atoms with Crippen molar-refractivity contribution in [2.75, 3.05) is 20.8 Å². The highest BCUT2D eigenvalue weighted by atomic mass is 16.5. The van der Waals surface area contributed by atoms with E-state index >= 15 is 0 Å². The summed E-state index contributed by atoms with van der Waals surface area (Å²) in [6, 6.07) is 8.14. The molecule has 142 valence electrons. The molecule has 0 spiro atoms. The zero-order valence-electron chi connectivity index (χ0n) is 15.9. The van der Waals surface area contributed by atoms with E-state index in [9.17, 15) is 4.79 Å². The summed E-state index contributed by atoms with van der Waals surface area (Å²) < 4.78 is 12.8. The lowest BCUT2D eigenvalue weighted by Gasteiger charge is -2.21. The number of benzene rings is 1. The topological polar surface area (TPSA) is 73.6 Å². The number of aryl methyl sites for hydroxylation is 1. The average Bonchev–Trinajstić information content (AvgIpc) is 3.29. The molecule has 2 aromatic heterocycles. The molecule has 1 aromatic carbocycles. The second-order valence-electron chi connectivity index (χ2n) is 7.06. The van der Waals surface area contributed by atoms with Crippen LogP contribution in [0.2, 0.25) is 0 Å². The maximum atomic E-state index is 12.6. The minimum atomic E-state index is -0.148. The molecule has 0 saturated carbocycles. The van der Waals surface area contributed by atoms with Crippen LogP contribution in [0, 0.1) is 0 Å². The highest BCUT2D eigenvalue weighted by molar-refractivity contribution is 5.81. The SMILES string of the molecule is COc1cc2nc(C[NH+]3CCC[C@@H]3c3cccn3C)[nH]c(=O)c2cc1OC. The Morgan fingerprint density at radius 1 is 1.30 bits per heavy atom. The van der Waals surface area contributed by atoms with Crippen LogP contribution in [-0.2, 0) is 13.6 Å². The molecule has 7 nitrogen and oxygen atoms in total. The third-order valence-electron chi connectivity index (χ3n) is 5.48. The molecule has 1 aliphatic heterocycles. The number of ether oxygens (including phenoxy) is 2. The van der Waals surface area contributed by atoms with Crippen LogP contribution in [0.3, 0.4) is 0 Å². The van der Waals surface area contributed by atoms with E-state index in [1.165, 1.54) is 17.0 Å². The lowest BCUT2D eigenvalue weighted by molar-refractivity contribution is -0.933. The Balaban J connectivity index is 1.68. The predicted molar refractivity (Wildman–Crippen MR) is 102 cm³/mol. The molecule has 27 heavy (non-hydrogen) atoms. The van der Waals surface area contributed by atoms with Gasteiger partial charge in [-0.1, -0.05) is 0 Å². The molecule has 1 unspecified atom stereocenters. The molecule has 4 rings (SSSR count). The molecule has 2 atom stereocenters. The van der Waals surface area contributed by atoms with Crippen molar-refractivity contribution >= 4 is 10.9 Å². The number of fused-ring (bicyclic) bond motifs is 1. The van der Waals surface area contributed by atoms with Crippen molar-refractivity contribution in [1.82, 2.24) is 14.5 Å². The van der Waals surface area contributed by atoms with E-state index in [1.807, 2.05) is 0 Å². The first-order valence-corrected chi connectivity index (χ1v) is 9.21. The van der Waals surface area contributed by atoms with Gasteiger partial charge in [-0.05, 0) is 18.2 Å². The third kappa shape index (κ3) is 3.19. The number of aromatic amines is 1. The maximum absolute atomic E-state index is 12.6. The van der Waals surface area contributed by atoms with E-state index in [1.54, 1.807) is 26.4 Å². The van der Waals surface area contributed by atoms with Crippen LogP contribution in [0.15, 0.2) is 35.3 Å². The van der Waals surface area contributed by atoms with E-state index < -0.39 is 0 Å². The second kappa shape index (κ2) is 7.08. The van der Waals surface area contributed by atoms with Crippen LogP contribution in [0.4, 0.5) is 0 Å². The molecule has 0 amide bonds. The molecule has 1 fully saturated rings. The smallest absolute Gasteiger partial charge is 0.259 e. The van der Waals surface area contributed by atoms with E-state index in [4.69, 9.17) is 14.5 Å². The first-order chi connectivity index (χ1) is 13.1. The summed E-state index contributed by atoms with van der Waals surface area (Å²) in [6.45, 7) is 1.76. The van der Waals surface area contributed by atoms with Gasteiger partial charge in [-0.25, -0.2) is 4.98 Å². The van der Waals surface area contributed by atoms with Gasteiger partial charge in [-0.2, -0.15) is 0 Å². The first kappa shape index (κ1) is 17.6. The largest absolute Gasteiger partial charge is 0.493 e. The lowest BCUT2D eigenvalue weighted by atomic mass is 10.1. The number of nitrogens with one attached hydrogen (secondary N) is 2.